The molecule has 3 nitrogen and oxygen atoms in total. The number of alkyl halides is 2. The van der Waals surface area contributed by atoms with Gasteiger partial charge in [0.15, 0.2) is 23.7 Å². The van der Waals surface area contributed by atoms with E-state index in [-0.39, 0.29) is 17.7 Å². The van der Waals surface area contributed by atoms with Crippen LogP contribution in [0.3, 0.4) is 0 Å². The molecular formula is C27H21F7O3. The molecule has 0 bridgehead atoms. The van der Waals surface area contributed by atoms with E-state index in [0.29, 0.717) is 48.3 Å². The average Bonchev–Trinajstić information content (AvgIpc) is 2.81. The fourth-order valence-corrected chi connectivity index (χ4v) is 4.53. The summed E-state index contributed by atoms with van der Waals surface area (Å²) in [4.78, 5) is 0. The van der Waals surface area contributed by atoms with Crippen molar-refractivity contribution >= 4 is 0 Å². The zero-order valence-electron chi connectivity index (χ0n) is 19.3. The quantitative estimate of drug-likeness (QED) is 0.244. The van der Waals surface area contributed by atoms with E-state index < -0.39 is 52.8 Å². The molecule has 1 saturated heterocycles. The zero-order valence-corrected chi connectivity index (χ0v) is 19.3. The molecule has 2 aliphatic rings. The van der Waals surface area contributed by atoms with Gasteiger partial charge in [-0.25, -0.2) is 22.0 Å². The average molecular weight is 526 g/mol. The van der Waals surface area contributed by atoms with Crippen molar-refractivity contribution < 1.29 is 44.9 Å². The van der Waals surface area contributed by atoms with Crippen molar-refractivity contribution in [2.45, 2.75) is 31.7 Å². The first-order valence-electron chi connectivity index (χ1n) is 11.7. The van der Waals surface area contributed by atoms with Crippen LogP contribution in [0.15, 0.2) is 48.5 Å². The van der Waals surface area contributed by atoms with Gasteiger partial charge < -0.3 is 14.2 Å². The van der Waals surface area contributed by atoms with E-state index in [1.807, 2.05) is 0 Å². The number of hydrogen-bond donors (Lipinski definition) is 0. The van der Waals surface area contributed by atoms with Crippen molar-refractivity contribution in [1.29, 1.82) is 0 Å². The summed E-state index contributed by atoms with van der Waals surface area (Å²) in [5, 5.41) is 0. The highest BCUT2D eigenvalue weighted by molar-refractivity contribution is 5.64. The van der Waals surface area contributed by atoms with Gasteiger partial charge in [-0.05, 0) is 29.2 Å². The highest BCUT2D eigenvalue weighted by Gasteiger charge is 2.41. The number of halogens is 7. The van der Waals surface area contributed by atoms with Crippen molar-refractivity contribution in [3.05, 3.63) is 88.7 Å². The predicted octanol–water partition coefficient (Wildman–Crippen LogP) is 7.64. The van der Waals surface area contributed by atoms with Crippen molar-refractivity contribution in [2.24, 2.45) is 11.8 Å². The summed E-state index contributed by atoms with van der Waals surface area (Å²) in [6.07, 6.45) is -1.63. The summed E-state index contributed by atoms with van der Waals surface area (Å²) in [6, 6.07) is 8.07. The first kappa shape index (κ1) is 25.5. The van der Waals surface area contributed by atoms with Gasteiger partial charge in [0.2, 0.25) is 0 Å². The Morgan fingerprint density at radius 3 is 1.78 bits per heavy atom. The van der Waals surface area contributed by atoms with E-state index >= 15 is 0 Å². The van der Waals surface area contributed by atoms with Crippen LogP contribution in [0.4, 0.5) is 30.7 Å². The molecule has 1 aliphatic heterocycles. The molecule has 0 aromatic heterocycles. The van der Waals surface area contributed by atoms with Crippen molar-refractivity contribution in [1.82, 2.24) is 0 Å². The molecule has 0 atom stereocenters. The van der Waals surface area contributed by atoms with Crippen LogP contribution < -0.4 is 4.74 Å². The van der Waals surface area contributed by atoms with E-state index in [9.17, 15) is 30.7 Å². The van der Waals surface area contributed by atoms with Gasteiger partial charge in [0, 0.05) is 23.6 Å². The first-order chi connectivity index (χ1) is 17.6. The van der Waals surface area contributed by atoms with Crippen LogP contribution in [0.1, 0.15) is 36.7 Å². The second-order valence-electron chi connectivity index (χ2n) is 9.21. The molecule has 3 aromatic rings. The molecule has 37 heavy (non-hydrogen) atoms. The van der Waals surface area contributed by atoms with Gasteiger partial charge in [0.25, 0.3) is 0 Å². The van der Waals surface area contributed by atoms with Gasteiger partial charge in [-0.3, -0.25) is 0 Å². The number of ether oxygens (including phenoxy) is 3. The van der Waals surface area contributed by atoms with Crippen molar-refractivity contribution in [3.63, 3.8) is 0 Å². The third kappa shape index (κ3) is 5.17. The van der Waals surface area contributed by atoms with E-state index in [0.717, 1.165) is 0 Å². The minimum atomic E-state index is -4.65. The summed E-state index contributed by atoms with van der Waals surface area (Å²) in [7, 11) is 0. The molecule has 0 amide bonds. The molecule has 10 heteroatoms. The topological polar surface area (TPSA) is 27.7 Å². The Bertz CT molecular complexity index is 1240. The maximum absolute atomic E-state index is 14.7. The van der Waals surface area contributed by atoms with Gasteiger partial charge in [-0.2, -0.15) is 8.78 Å². The Balaban J connectivity index is 1.31. The predicted molar refractivity (Wildman–Crippen MR) is 118 cm³/mol. The molecule has 0 unspecified atom stereocenters. The second kappa shape index (κ2) is 9.98. The lowest BCUT2D eigenvalue weighted by atomic mass is 9.76. The van der Waals surface area contributed by atoms with Gasteiger partial charge in [-0.15, -0.1) is 0 Å². The normalized spacial score (nSPS) is 20.5. The standard InChI is InChI=1S/C27H21F7O3/c28-20-8-17(9-21(29)24(20)27(33,34)37-19-10-22(30)25(32)23(31)11-19)15-4-6-16(7-5-15)26-35-12-18(13-36-26)14-2-1-3-14/h4-11,14,18,26H,1-3,12-13H2. The SMILES string of the molecule is Fc1cc(OC(F)(F)c2c(F)cc(-c3ccc(C4OCC(C5CCC5)CO4)cc3)cc2F)cc(F)c1F. The molecule has 0 radical (unpaired) electrons. The molecule has 0 spiro atoms. The number of benzene rings is 3. The van der Waals surface area contributed by atoms with Gasteiger partial charge in [0.1, 0.15) is 22.9 Å². The van der Waals surface area contributed by atoms with Crippen LogP contribution in [0, 0.1) is 40.9 Å². The highest BCUT2D eigenvalue weighted by Crippen LogP contribution is 2.39. The fourth-order valence-electron chi connectivity index (χ4n) is 4.53. The van der Waals surface area contributed by atoms with Crippen LogP contribution in [0.5, 0.6) is 5.75 Å². The van der Waals surface area contributed by atoms with E-state index in [4.69, 9.17) is 9.47 Å². The third-order valence-corrected chi connectivity index (χ3v) is 6.79. The van der Waals surface area contributed by atoms with E-state index in [1.165, 1.54) is 19.3 Å². The van der Waals surface area contributed by atoms with Crippen LogP contribution in [0.25, 0.3) is 11.1 Å². The van der Waals surface area contributed by atoms with Crippen LogP contribution >= 0.6 is 0 Å². The van der Waals surface area contributed by atoms with E-state index in [1.54, 1.807) is 24.3 Å². The molecule has 1 saturated carbocycles. The summed E-state index contributed by atoms with van der Waals surface area (Å²) in [5.41, 5.74) is -0.756. The Kier molecular flexibility index (Phi) is 6.89. The Morgan fingerprint density at radius 2 is 1.27 bits per heavy atom. The lowest BCUT2D eigenvalue weighted by Crippen LogP contribution is -2.35. The maximum Gasteiger partial charge on any atom is 0.432 e. The maximum atomic E-state index is 14.7. The van der Waals surface area contributed by atoms with Gasteiger partial charge in [0.05, 0.1) is 13.2 Å². The Morgan fingerprint density at radius 1 is 0.703 bits per heavy atom. The molecule has 5 rings (SSSR count). The Hall–Kier alpha value is -3.11. The molecule has 1 heterocycles. The van der Waals surface area contributed by atoms with Crippen molar-refractivity contribution in [3.8, 4) is 16.9 Å². The lowest BCUT2D eigenvalue weighted by molar-refractivity contribution is -0.216. The van der Waals surface area contributed by atoms with Gasteiger partial charge in [-0.1, -0.05) is 43.5 Å². The van der Waals surface area contributed by atoms with Crippen molar-refractivity contribution in [2.75, 3.05) is 13.2 Å². The minimum Gasteiger partial charge on any atom is -0.429 e. The fraction of sp³-hybridized carbons (Fsp3) is 0.333. The largest absolute Gasteiger partial charge is 0.432 e. The molecular weight excluding hydrogens is 505 g/mol. The highest BCUT2D eigenvalue weighted by atomic mass is 19.3. The summed E-state index contributed by atoms with van der Waals surface area (Å²) < 4.78 is 114. The minimum absolute atomic E-state index is 0.0319. The monoisotopic (exact) mass is 526 g/mol. The number of rotatable bonds is 6. The Labute approximate surface area is 207 Å². The zero-order chi connectivity index (χ0) is 26.3. The summed E-state index contributed by atoms with van der Waals surface area (Å²) in [6.45, 7) is 1.17. The van der Waals surface area contributed by atoms with E-state index in [2.05, 4.69) is 4.74 Å². The summed E-state index contributed by atoms with van der Waals surface area (Å²) >= 11 is 0. The third-order valence-electron chi connectivity index (χ3n) is 6.79. The first-order valence-corrected chi connectivity index (χ1v) is 11.7. The summed E-state index contributed by atoms with van der Waals surface area (Å²) in [5.74, 6) is -8.93. The number of hydrogen-bond acceptors (Lipinski definition) is 3. The van der Waals surface area contributed by atoms with Gasteiger partial charge >= 0.3 is 6.11 Å². The van der Waals surface area contributed by atoms with Crippen LogP contribution in [-0.4, -0.2) is 13.2 Å². The lowest BCUT2D eigenvalue weighted by Gasteiger charge is -2.38. The smallest absolute Gasteiger partial charge is 0.429 e. The molecule has 196 valence electrons. The molecule has 2 fully saturated rings. The molecule has 1 aliphatic carbocycles. The second-order valence-corrected chi connectivity index (χ2v) is 9.21. The van der Waals surface area contributed by atoms with Crippen LogP contribution in [-0.2, 0) is 15.6 Å². The van der Waals surface area contributed by atoms with Crippen LogP contribution in [0.2, 0.25) is 0 Å². The molecule has 3 aromatic carbocycles. The molecule has 0 N–H and O–H groups in total.